The highest BCUT2D eigenvalue weighted by Gasteiger charge is 2.51. The lowest BCUT2D eigenvalue weighted by molar-refractivity contribution is -0.385. The predicted molar refractivity (Wildman–Crippen MR) is 361 cm³/mol. The number of likely N-dealkylation sites (tertiary alicyclic amines) is 1. The normalized spacial score (nSPS) is 23.2. The van der Waals surface area contributed by atoms with Crippen LogP contribution in [0.15, 0.2) is 72.8 Å². The Labute approximate surface area is 608 Å². The molecular formula is C66H88N12O29. The number of benzene rings is 3. The summed E-state index contributed by atoms with van der Waals surface area (Å²) in [5.74, 6) is -18.4. The first-order chi connectivity index (χ1) is 50.5. The van der Waals surface area contributed by atoms with Crippen LogP contribution in [0.1, 0.15) is 93.1 Å². The van der Waals surface area contributed by atoms with Crippen molar-refractivity contribution in [3.05, 3.63) is 99.6 Å². The molecule has 0 radical (unpaired) electrons. The van der Waals surface area contributed by atoms with Gasteiger partial charge in [0.2, 0.25) is 53.2 Å². The molecule has 3 heterocycles. The molecule has 0 saturated carbocycles. The number of para-hydroxylation sites is 1. The number of carbonyl (C=O) groups is 13. The van der Waals surface area contributed by atoms with Crippen LogP contribution >= 0.6 is 0 Å². The van der Waals surface area contributed by atoms with Gasteiger partial charge in [-0.1, -0.05) is 62.4 Å². The number of nitrogens with one attached hydrogen (secondary N) is 8. The van der Waals surface area contributed by atoms with E-state index < -0.39 is 267 Å². The van der Waals surface area contributed by atoms with Gasteiger partial charge in [0.25, 0.3) is 5.91 Å². The topological polar surface area (TPSA) is 667 Å². The molecule has 3 fully saturated rings. The Hall–Kier alpha value is -10.6. The smallest absolute Gasteiger partial charge is 0.326 e. The van der Waals surface area contributed by atoms with Crippen LogP contribution in [0.25, 0.3) is 0 Å². The summed E-state index contributed by atoms with van der Waals surface area (Å²) in [4.78, 5) is 190. The first kappa shape index (κ1) is 85.3. The Morgan fingerprint density at radius 1 is 0.617 bits per heavy atom. The number of phenolic OH excluding ortho intramolecular Hbond substituents is 1. The SMILES string of the molecule is CC(C)C[C@H](NC(=O)[C@@H]1CCCN1C(=O)[C@H](CCC(N)=O)NC(=O)[C@H](Cc1ccccc1)NC(=O)c1ccccc1N)C(=O)N[C@@H](CC(=O)N[C@@H]1O[C@H](CO)[C@@H](O[C@@H]2O[C@H](CO)[C@H](O)[C@H](O)[C@H]2O)[C@H](O)[C@H]1O)C(=O)N[C@@H](CCC(=O)O)C(=O)N[C@@H](Cc1ccc(O)c([N+](=O)[O-])c1)C(=O)N[C@@H](CC(=O)O)C(=O)O. The first-order valence-electron chi connectivity index (χ1n) is 33.6. The summed E-state index contributed by atoms with van der Waals surface area (Å²) in [5.41, 5.74) is 11.1. The van der Waals surface area contributed by atoms with Crippen molar-refractivity contribution in [2.24, 2.45) is 11.7 Å². The van der Waals surface area contributed by atoms with Crippen molar-refractivity contribution in [3.8, 4) is 5.75 Å². The fraction of sp³-hybridized carbons (Fsp3) is 0.530. The van der Waals surface area contributed by atoms with Gasteiger partial charge in [0.05, 0.1) is 36.5 Å². The number of aromatic hydroxyl groups is 1. The maximum Gasteiger partial charge on any atom is 0.326 e. The largest absolute Gasteiger partial charge is 0.502 e. The number of aliphatic hydroxyl groups excluding tert-OH is 7. The van der Waals surface area contributed by atoms with E-state index in [1.807, 2.05) is 5.32 Å². The number of rotatable bonds is 38. The number of carboxylic acids is 3. The van der Waals surface area contributed by atoms with Crippen molar-refractivity contribution in [1.82, 2.24) is 47.4 Å². The highest BCUT2D eigenvalue weighted by Crippen LogP contribution is 2.31. The van der Waals surface area contributed by atoms with Crippen molar-refractivity contribution in [2.45, 2.75) is 194 Å². The zero-order chi connectivity index (χ0) is 79.3. The van der Waals surface area contributed by atoms with Gasteiger partial charge in [-0.2, -0.15) is 0 Å². The molecule has 0 aromatic heterocycles. The summed E-state index contributed by atoms with van der Waals surface area (Å²) >= 11 is 0. The van der Waals surface area contributed by atoms with Crippen molar-refractivity contribution in [1.29, 1.82) is 0 Å². The minimum atomic E-state index is -2.32. The third-order valence-corrected chi connectivity index (χ3v) is 17.5. The molecule has 0 bridgehead atoms. The maximum absolute atomic E-state index is 14.9. The summed E-state index contributed by atoms with van der Waals surface area (Å²) < 4.78 is 16.6. The number of amides is 10. The number of nitro groups is 1. The van der Waals surface area contributed by atoms with E-state index in [1.165, 1.54) is 18.2 Å². The van der Waals surface area contributed by atoms with E-state index in [9.17, 15) is 129 Å². The van der Waals surface area contributed by atoms with Gasteiger partial charge in [-0.15, -0.1) is 0 Å². The van der Waals surface area contributed by atoms with Gasteiger partial charge < -0.3 is 129 Å². The average Bonchev–Trinajstić information content (AvgIpc) is 1.21. The monoisotopic (exact) mass is 1510 g/mol. The highest BCUT2D eigenvalue weighted by molar-refractivity contribution is 6.03. The number of aliphatic hydroxyl groups is 7. The summed E-state index contributed by atoms with van der Waals surface area (Å²) in [5, 5.41) is 144. The van der Waals surface area contributed by atoms with E-state index in [1.54, 1.807) is 50.2 Å². The number of hydrogen-bond donors (Lipinski definition) is 21. The van der Waals surface area contributed by atoms with Crippen LogP contribution in [-0.4, -0.2) is 272 Å². The van der Waals surface area contributed by atoms with E-state index >= 15 is 0 Å². The lowest BCUT2D eigenvalue weighted by Gasteiger charge is -2.46. The zero-order valence-electron chi connectivity index (χ0n) is 57.6. The summed E-state index contributed by atoms with van der Waals surface area (Å²) in [6.45, 7) is 0.994. The molecule has 41 heteroatoms. The molecule has 23 N–H and O–H groups in total. The van der Waals surface area contributed by atoms with Crippen LogP contribution in [0.3, 0.4) is 0 Å². The second kappa shape index (κ2) is 39.6. The molecule has 41 nitrogen and oxygen atoms in total. The summed E-state index contributed by atoms with van der Waals surface area (Å²) in [7, 11) is 0. The van der Waals surface area contributed by atoms with Crippen LogP contribution in [0.5, 0.6) is 5.75 Å². The number of nitrogen functional groups attached to an aromatic ring is 1. The molecule has 10 amide bonds. The van der Waals surface area contributed by atoms with Crippen LogP contribution in [0, 0.1) is 16.0 Å². The quantitative estimate of drug-likeness (QED) is 0.0144. The van der Waals surface area contributed by atoms with E-state index in [2.05, 4.69) is 37.2 Å². The Kier molecular flexibility index (Phi) is 31.6. The zero-order valence-corrected chi connectivity index (χ0v) is 57.6. The highest BCUT2D eigenvalue weighted by atomic mass is 16.7. The summed E-state index contributed by atoms with van der Waals surface area (Å²) in [6.07, 6.45) is -26.4. The van der Waals surface area contributed by atoms with E-state index in [4.69, 9.17) is 25.7 Å². The molecule has 3 aromatic carbocycles. The molecule has 0 unspecified atom stereocenters. The van der Waals surface area contributed by atoms with Gasteiger partial charge in [0.15, 0.2) is 18.3 Å². The number of carboxylic acid groups (broad SMARTS) is 3. The summed E-state index contributed by atoms with van der Waals surface area (Å²) in [6, 6.07) is 2.05. The van der Waals surface area contributed by atoms with E-state index in [-0.39, 0.29) is 49.0 Å². The van der Waals surface area contributed by atoms with Gasteiger partial charge in [0.1, 0.15) is 97.2 Å². The Morgan fingerprint density at radius 3 is 1.79 bits per heavy atom. The molecule has 586 valence electrons. The van der Waals surface area contributed by atoms with Gasteiger partial charge in [-0.3, -0.25) is 67.6 Å². The molecule has 0 spiro atoms. The molecule has 3 aliphatic heterocycles. The number of primary amides is 1. The van der Waals surface area contributed by atoms with Crippen LogP contribution < -0.4 is 54.0 Å². The van der Waals surface area contributed by atoms with Crippen molar-refractivity contribution in [2.75, 3.05) is 25.5 Å². The van der Waals surface area contributed by atoms with E-state index in [0.29, 0.717) is 5.56 Å². The first-order valence-corrected chi connectivity index (χ1v) is 33.6. The number of nitro benzene ring substituents is 1. The second-order valence-electron chi connectivity index (χ2n) is 26.0. The van der Waals surface area contributed by atoms with E-state index in [0.717, 1.165) is 23.1 Å². The van der Waals surface area contributed by atoms with Gasteiger partial charge >= 0.3 is 23.6 Å². The number of nitrogens with zero attached hydrogens (tertiary/aromatic N) is 2. The Bertz CT molecular complexity index is 3700. The number of hydrogen-bond acceptors (Lipinski definition) is 27. The molecule has 3 aromatic rings. The van der Waals surface area contributed by atoms with Crippen LogP contribution in [0.2, 0.25) is 0 Å². The third kappa shape index (κ3) is 24.2. The standard InChI is InChI=1S/C66H88N12O29/c1-29(2)21-36(74-62(99)41-13-8-20-77(41)64(100)35(15-18-46(68)82)70-59(96)37(22-30-9-4-3-5-10-30)71-56(93)32-11-6-7-12-33(32)67)58(95)73-39(25-47(83)76-63-53(91)52(90)55(45(28-80)105-63)107-66-54(92)51(89)50(88)44(27-79)106-66)61(98)69-34(16-19-48(84)85)57(94)72-38(60(97)75-40(65(101)102)26-49(86)87)23-31-14-17-43(81)42(24-31)78(103)104/h3-7,9-12,14,17,24,29,34-41,44-45,50-55,63,66,79-81,88-92H,8,13,15-16,18-23,25-28,67H2,1-2H3,(H2,68,82)(H,69,98)(H,70,96)(H,71,93)(H,72,94)(H,73,95)(H,74,99)(H,75,97)(H,76,83)(H,84,85)(H,86,87)(H,101,102)/t34-,35-,36-,37-,38-,39-,40-,41-,44+,45+,50-,51-,52+,53+,54+,55+,63+,66-/m0/s1. The van der Waals surface area contributed by atoms with Crippen LogP contribution in [-0.2, 0) is 84.6 Å². The lowest BCUT2D eigenvalue weighted by atomic mass is 9.96. The number of ether oxygens (including phenoxy) is 3. The van der Waals surface area contributed by atoms with Gasteiger partial charge in [-0.05, 0) is 67.3 Å². The molecule has 3 aliphatic rings. The molecule has 18 atom stereocenters. The minimum Gasteiger partial charge on any atom is -0.502 e. The van der Waals surface area contributed by atoms with Crippen molar-refractivity contribution in [3.63, 3.8) is 0 Å². The van der Waals surface area contributed by atoms with Gasteiger partial charge in [0, 0.05) is 44.0 Å². The predicted octanol–water partition coefficient (Wildman–Crippen LogP) is -6.77. The number of aliphatic carboxylic acids is 3. The fourth-order valence-electron chi connectivity index (χ4n) is 11.9. The molecule has 6 rings (SSSR count). The second-order valence-corrected chi connectivity index (χ2v) is 26.0. The maximum atomic E-state index is 14.9. The van der Waals surface area contributed by atoms with Crippen LogP contribution in [0.4, 0.5) is 11.4 Å². The van der Waals surface area contributed by atoms with Crippen molar-refractivity contribution < 1.29 is 138 Å². The number of anilines is 1. The number of carbonyl (C=O) groups excluding carboxylic acids is 10. The minimum absolute atomic E-state index is 0.0190. The average molecular weight is 1510 g/mol. The third-order valence-electron chi connectivity index (χ3n) is 17.5. The molecule has 3 saturated heterocycles. The molecular weight excluding hydrogens is 1420 g/mol. The molecule has 107 heavy (non-hydrogen) atoms. The fourth-order valence-corrected chi connectivity index (χ4v) is 11.9. The Balaban J connectivity index is 1.32. The lowest BCUT2D eigenvalue weighted by Crippen LogP contribution is -2.67. The number of phenols is 1. The molecule has 0 aliphatic carbocycles. The van der Waals surface area contributed by atoms with Gasteiger partial charge in [-0.25, -0.2) is 4.79 Å². The number of nitrogens with two attached hydrogens (primary N) is 2. The Morgan fingerprint density at radius 2 is 1.19 bits per heavy atom. The van der Waals surface area contributed by atoms with Crippen molar-refractivity contribution >= 4 is 88.4 Å².